The van der Waals surface area contributed by atoms with Gasteiger partial charge in [-0.25, -0.2) is 14.2 Å². The van der Waals surface area contributed by atoms with Crippen LogP contribution in [0.4, 0.5) is 4.39 Å². The number of carbonyl (C=O) groups is 1. The predicted octanol–water partition coefficient (Wildman–Crippen LogP) is 1.20. The molecule has 0 radical (unpaired) electrons. The molecule has 0 amide bonds. The average Bonchev–Trinajstić information content (AvgIpc) is 2.55. The minimum Gasteiger partial charge on any atom is -0.463 e. The summed E-state index contributed by atoms with van der Waals surface area (Å²) in [4.78, 5) is 14.9. The van der Waals surface area contributed by atoms with Crippen molar-refractivity contribution in [2.45, 2.75) is 0 Å². The van der Waals surface area contributed by atoms with Crippen LogP contribution in [0, 0.1) is 5.82 Å². The van der Waals surface area contributed by atoms with E-state index in [1.165, 1.54) is 19.2 Å². The van der Waals surface area contributed by atoms with Gasteiger partial charge in [-0.15, -0.1) is 0 Å². The van der Waals surface area contributed by atoms with Gasteiger partial charge in [0.2, 0.25) is 0 Å². The third-order valence-corrected chi connectivity index (χ3v) is 1.96. The number of halogens is 1. The van der Waals surface area contributed by atoms with Crippen LogP contribution in [0.2, 0.25) is 0 Å². The van der Waals surface area contributed by atoms with E-state index in [1.807, 2.05) is 0 Å². The van der Waals surface area contributed by atoms with Gasteiger partial charge in [0, 0.05) is 6.07 Å². The van der Waals surface area contributed by atoms with E-state index in [1.54, 1.807) is 0 Å². The third kappa shape index (κ3) is 1.39. The first-order valence-electron chi connectivity index (χ1n) is 4.09. The summed E-state index contributed by atoms with van der Waals surface area (Å²) in [6.45, 7) is 0. The van der Waals surface area contributed by atoms with Crippen LogP contribution >= 0.6 is 0 Å². The van der Waals surface area contributed by atoms with E-state index in [2.05, 4.69) is 9.72 Å². The van der Waals surface area contributed by atoms with Gasteiger partial charge in [0.05, 0.1) is 12.6 Å². The molecule has 5 nitrogen and oxygen atoms in total. The highest BCUT2D eigenvalue weighted by Gasteiger charge is 2.17. The van der Waals surface area contributed by atoms with E-state index >= 15 is 0 Å². The third-order valence-electron chi connectivity index (χ3n) is 1.96. The molecule has 0 aliphatic heterocycles. The monoisotopic (exact) mass is 210 g/mol. The van der Waals surface area contributed by atoms with Crippen LogP contribution in [0.25, 0.3) is 11.0 Å². The first-order chi connectivity index (χ1) is 7.13. The number of nitrogens with zero attached hydrogens (tertiary/aromatic N) is 2. The Morgan fingerprint density at radius 3 is 3.00 bits per heavy atom. The van der Waals surface area contributed by atoms with Crippen molar-refractivity contribution in [1.82, 2.24) is 9.71 Å². The molecule has 0 aliphatic rings. The molecular formula is C9H7FN2O3. The van der Waals surface area contributed by atoms with Gasteiger partial charge < -0.3 is 9.94 Å². The van der Waals surface area contributed by atoms with E-state index in [0.29, 0.717) is 10.2 Å². The largest absolute Gasteiger partial charge is 0.463 e. The lowest BCUT2D eigenvalue weighted by atomic mass is 10.3. The number of hydrogen-bond acceptors (Lipinski definition) is 4. The summed E-state index contributed by atoms with van der Waals surface area (Å²) in [6, 6.07) is 3.63. The molecule has 2 aromatic rings. The molecule has 0 bridgehead atoms. The maximum atomic E-state index is 12.8. The fraction of sp³-hybridized carbons (Fsp3) is 0.111. The molecule has 78 valence electrons. The Bertz CT molecular complexity index is 535. The number of rotatable bonds is 1. The highest BCUT2D eigenvalue weighted by molar-refractivity contribution is 5.90. The number of benzene rings is 1. The summed E-state index contributed by atoms with van der Waals surface area (Å²) in [5.41, 5.74) is 0.440. The zero-order valence-electron chi connectivity index (χ0n) is 7.77. The Kier molecular flexibility index (Phi) is 2.03. The summed E-state index contributed by atoms with van der Waals surface area (Å²) < 4.78 is 17.7. The van der Waals surface area contributed by atoms with Gasteiger partial charge in [-0.3, -0.25) is 0 Å². The van der Waals surface area contributed by atoms with Crippen LogP contribution in [-0.4, -0.2) is 28.0 Å². The lowest BCUT2D eigenvalue weighted by molar-refractivity contribution is 0.0543. The number of aromatic nitrogens is 2. The molecule has 0 saturated carbocycles. The molecular weight excluding hydrogens is 203 g/mol. The molecule has 0 fully saturated rings. The highest BCUT2D eigenvalue weighted by Crippen LogP contribution is 2.16. The number of hydrogen-bond donors (Lipinski definition) is 1. The number of methoxy groups -OCH3 is 1. The van der Waals surface area contributed by atoms with Gasteiger partial charge in [0.25, 0.3) is 5.82 Å². The van der Waals surface area contributed by atoms with Gasteiger partial charge >= 0.3 is 5.97 Å². The summed E-state index contributed by atoms with van der Waals surface area (Å²) in [5, 5.41) is 9.50. The Morgan fingerprint density at radius 2 is 2.33 bits per heavy atom. The van der Waals surface area contributed by atoms with Crippen molar-refractivity contribution >= 4 is 17.0 Å². The minimum absolute atomic E-state index is 0.121. The van der Waals surface area contributed by atoms with Crippen molar-refractivity contribution in [1.29, 1.82) is 0 Å². The summed E-state index contributed by atoms with van der Waals surface area (Å²) in [5.74, 6) is -1.58. The maximum Gasteiger partial charge on any atom is 0.377 e. The first-order valence-corrected chi connectivity index (χ1v) is 4.09. The van der Waals surface area contributed by atoms with E-state index in [4.69, 9.17) is 0 Å². The minimum atomic E-state index is -0.783. The zero-order valence-corrected chi connectivity index (χ0v) is 7.77. The standard InChI is InChI=1S/C9H7FN2O3/c1-15-9(13)8-11-6-3-2-5(10)4-7(6)12(8)14/h2-4,14H,1H3. The predicted molar refractivity (Wildman–Crippen MR) is 48.2 cm³/mol. The fourth-order valence-corrected chi connectivity index (χ4v) is 1.26. The van der Waals surface area contributed by atoms with Crippen LogP contribution < -0.4 is 0 Å². The smallest absolute Gasteiger partial charge is 0.377 e. The second kappa shape index (κ2) is 3.23. The molecule has 1 heterocycles. The van der Waals surface area contributed by atoms with E-state index in [0.717, 1.165) is 6.07 Å². The Hall–Kier alpha value is -2.11. The van der Waals surface area contributed by atoms with Crippen molar-refractivity contribution in [3.63, 3.8) is 0 Å². The molecule has 0 saturated heterocycles. The molecule has 1 aromatic heterocycles. The van der Waals surface area contributed by atoms with Crippen LogP contribution in [0.5, 0.6) is 0 Å². The summed E-state index contributed by atoms with van der Waals surface area (Å²) in [6.07, 6.45) is 0. The molecule has 1 aromatic carbocycles. The molecule has 15 heavy (non-hydrogen) atoms. The van der Waals surface area contributed by atoms with E-state index < -0.39 is 11.8 Å². The lowest BCUT2D eigenvalue weighted by Gasteiger charge is -1.97. The maximum absolute atomic E-state index is 12.8. The average molecular weight is 210 g/mol. The van der Waals surface area contributed by atoms with Crippen LogP contribution in [0.3, 0.4) is 0 Å². The Balaban J connectivity index is 2.69. The molecule has 0 unspecified atom stereocenters. The molecule has 0 spiro atoms. The molecule has 1 N–H and O–H groups in total. The Morgan fingerprint density at radius 1 is 1.60 bits per heavy atom. The number of ether oxygens (including phenoxy) is 1. The number of carbonyl (C=O) groups excluding carboxylic acids is 1. The van der Waals surface area contributed by atoms with Crippen LogP contribution in [0.15, 0.2) is 18.2 Å². The number of esters is 1. The molecule has 2 rings (SSSR count). The van der Waals surface area contributed by atoms with Gasteiger partial charge in [-0.2, -0.15) is 4.73 Å². The van der Waals surface area contributed by atoms with Crippen LogP contribution in [0.1, 0.15) is 10.6 Å². The van der Waals surface area contributed by atoms with Crippen molar-refractivity contribution in [2.24, 2.45) is 0 Å². The van der Waals surface area contributed by atoms with Crippen molar-refractivity contribution < 1.29 is 19.1 Å². The number of fused-ring (bicyclic) bond motifs is 1. The topological polar surface area (TPSA) is 64.3 Å². The van der Waals surface area contributed by atoms with Gasteiger partial charge in [0.15, 0.2) is 0 Å². The molecule has 0 atom stereocenters. The van der Waals surface area contributed by atoms with Gasteiger partial charge in [-0.05, 0) is 12.1 Å². The second-order valence-electron chi connectivity index (χ2n) is 2.87. The summed E-state index contributed by atoms with van der Waals surface area (Å²) >= 11 is 0. The lowest BCUT2D eigenvalue weighted by Crippen LogP contribution is -2.09. The zero-order chi connectivity index (χ0) is 11.0. The van der Waals surface area contributed by atoms with Crippen molar-refractivity contribution in [2.75, 3.05) is 7.11 Å². The number of imidazole rings is 1. The normalized spacial score (nSPS) is 10.5. The van der Waals surface area contributed by atoms with Gasteiger partial charge in [-0.1, -0.05) is 0 Å². The summed E-state index contributed by atoms with van der Waals surface area (Å²) in [7, 11) is 1.17. The van der Waals surface area contributed by atoms with Gasteiger partial charge in [0.1, 0.15) is 11.3 Å². The Labute approximate surface area is 83.7 Å². The SMILES string of the molecule is COC(=O)c1nc2ccc(F)cc2n1O. The first kappa shape index (κ1) is 9.45. The molecule has 6 heteroatoms. The molecule has 0 aliphatic carbocycles. The van der Waals surface area contributed by atoms with Crippen molar-refractivity contribution in [3.05, 3.63) is 29.8 Å². The quantitative estimate of drug-likeness (QED) is 0.567. The van der Waals surface area contributed by atoms with E-state index in [-0.39, 0.29) is 11.3 Å². The second-order valence-corrected chi connectivity index (χ2v) is 2.87. The van der Waals surface area contributed by atoms with E-state index in [9.17, 15) is 14.4 Å². The van der Waals surface area contributed by atoms with Crippen LogP contribution in [-0.2, 0) is 4.74 Å². The highest BCUT2D eigenvalue weighted by atomic mass is 19.1. The fourth-order valence-electron chi connectivity index (χ4n) is 1.26. The van der Waals surface area contributed by atoms with Crippen molar-refractivity contribution in [3.8, 4) is 0 Å².